The number of rotatable bonds is 3. The van der Waals surface area contributed by atoms with Crippen molar-refractivity contribution in [1.82, 2.24) is 0 Å². The molecule has 0 unspecified atom stereocenters. The van der Waals surface area contributed by atoms with E-state index < -0.39 is 6.89 Å². The van der Waals surface area contributed by atoms with Gasteiger partial charge in [-0.15, -0.1) is 0 Å². The molecular formula is C13H16BBr2NO4. The van der Waals surface area contributed by atoms with Gasteiger partial charge in [0.2, 0.25) is 0 Å². The third-order valence-electron chi connectivity index (χ3n) is 4.65. The first-order valence-electron chi connectivity index (χ1n) is 7.15. The van der Waals surface area contributed by atoms with Crippen LogP contribution in [0.2, 0.25) is 0 Å². The maximum Gasteiger partial charge on any atom is 0.625 e. The topological polar surface area (TPSA) is 36.9 Å². The number of ether oxygens (including phenoxy) is 1. The third-order valence-corrected chi connectivity index (χ3v) is 5.76. The van der Waals surface area contributed by atoms with Gasteiger partial charge in [-0.3, -0.25) is 0 Å². The smallest absolute Gasteiger partial charge is 0.490 e. The Morgan fingerprint density at radius 1 is 1.24 bits per heavy atom. The van der Waals surface area contributed by atoms with E-state index in [1.807, 2.05) is 18.2 Å². The molecule has 3 saturated heterocycles. The highest BCUT2D eigenvalue weighted by Crippen LogP contribution is 2.41. The average Bonchev–Trinajstić information content (AvgIpc) is 2.98. The van der Waals surface area contributed by atoms with Crippen molar-refractivity contribution in [2.24, 2.45) is 0 Å². The maximum atomic E-state index is 6.11. The molecule has 3 fully saturated rings. The zero-order valence-electron chi connectivity index (χ0n) is 11.5. The normalized spacial score (nSPS) is 37.5. The first kappa shape index (κ1) is 14.5. The van der Waals surface area contributed by atoms with E-state index in [9.17, 15) is 0 Å². The molecule has 8 heteroatoms. The standard InChI is InChI=1S/C13H16BBr2NO4/c15-10-1-2-13(12(16)7-10)18-9-11-8-17-3-5-19-14(17,21-11)20-6-4-17/h1-2,7,11H,3-6,8-9H2/t11-,14?,17?/m0/s1. The van der Waals surface area contributed by atoms with Crippen molar-refractivity contribution >= 4 is 38.7 Å². The van der Waals surface area contributed by atoms with Crippen LogP contribution in [0.4, 0.5) is 0 Å². The lowest BCUT2D eigenvalue weighted by atomic mass is 9.94. The molecule has 3 aliphatic heterocycles. The number of quaternary nitrogens is 1. The second-order valence-corrected chi connectivity index (χ2v) is 7.61. The number of hydrogen-bond donors (Lipinski definition) is 0. The van der Waals surface area contributed by atoms with Crippen LogP contribution < -0.4 is 4.74 Å². The summed E-state index contributed by atoms with van der Waals surface area (Å²) in [6, 6.07) is 5.87. The van der Waals surface area contributed by atoms with Gasteiger partial charge in [-0.2, -0.15) is 0 Å². The van der Waals surface area contributed by atoms with Crippen molar-refractivity contribution in [3.8, 4) is 5.75 Å². The maximum absolute atomic E-state index is 6.11. The molecule has 21 heavy (non-hydrogen) atoms. The highest BCUT2D eigenvalue weighted by atomic mass is 79.9. The lowest BCUT2D eigenvalue weighted by molar-refractivity contribution is -0.816. The summed E-state index contributed by atoms with van der Waals surface area (Å²) in [4.78, 5) is 0. The Morgan fingerprint density at radius 3 is 2.67 bits per heavy atom. The van der Waals surface area contributed by atoms with E-state index >= 15 is 0 Å². The van der Waals surface area contributed by atoms with E-state index in [-0.39, 0.29) is 6.10 Å². The van der Waals surface area contributed by atoms with Crippen LogP contribution in [-0.4, -0.2) is 56.8 Å². The molecule has 4 rings (SSSR count). The Labute approximate surface area is 140 Å². The van der Waals surface area contributed by atoms with Crippen LogP contribution in [0.3, 0.4) is 0 Å². The molecule has 1 aromatic rings. The summed E-state index contributed by atoms with van der Waals surface area (Å²) in [7, 11) is 0. The SMILES string of the molecule is Brc1ccc(OC[C@@H]2C[N+]34CCO[B-]3(OCC4)O2)c(Br)c1. The zero-order chi connectivity index (χ0) is 14.5. The minimum atomic E-state index is -1.58. The number of halogens is 2. The van der Waals surface area contributed by atoms with Crippen LogP contribution in [0.5, 0.6) is 5.75 Å². The van der Waals surface area contributed by atoms with Gasteiger partial charge < -0.3 is 23.1 Å². The molecule has 0 spiro atoms. The van der Waals surface area contributed by atoms with Gasteiger partial charge in [-0.05, 0) is 34.1 Å². The van der Waals surface area contributed by atoms with E-state index in [2.05, 4.69) is 31.9 Å². The Hall–Kier alpha value is -0.115. The molecule has 114 valence electrons. The van der Waals surface area contributed by atoms with E-state index in [1.165, 1.54) is 0 Å². The van der Waals surface area contributed by atoms with Gasteiger partial charge >= 0.3 is 6.89 Å². The highest BCUT2D eigenvalue weighted by molar-refractivity contribution is 9.11. The molecule has 5 nitrogen and oxygen atoms in total. The summed E-state index contributed by atoms with van der Waals surface area (Å²) >= 11 is 6.94. The average molecular weight is 421 g/mol. The minimum absolute atomic E-state index is 0.0150. The summed E-state index contributed by atoms with van der Waals surface area (Å²) < 4.78 is 26.4. The first-order valence-corrected chi connectivity index (χ1v) is 8.74. The van der Waals surface area contributed by atoms with Crippen molar-refractivity contribution in [3.63, 3.8) is 0 Å². The molecule has 0 radical (unpaired) electrons. The minimum Gasteiger partial charge on any atom is -0.490 e. The van der Waals surface area contributed by atoms with E-state index in [1.54, 1.807) is 0 Å². The van der Waals surface area contributed by atoms with Crippen LogP contribution in [0.15, 0.2) is 27.1 Å². The van der Waals surface area contributed by atoms with Crippen molar-refractivity contribution in [2.45, 2.75) is 6.10 Å². The van der Waals surface area contributed by atoms with Crippen LogP contribution in [-0.2, 0) is 14.0 Å². The van der Waals surface area contributed by atoms with Gasteiger partial charge in [0.05, 0.1) is 37.3 Å². The molecule has 3 heterocycles. The highest BCUT2D eigenvalue weighted by Gasteiger charge is 2.66. The molecule has 0 N–H and O–H groups in total. The van der Waals surface area contributed by atoms with E-state index in [0.717, 1.165) is 51.9 Å². The fraction of sp³-hybridized carbons (Fsp3) is 0.538. The Morgan fingerprint density at radius 2 is 2.00 bits per heavy atom. The van der Waals surface area contributed by atoms with Crippen molar-refractivity contribution in [1.29, 1.82) is 0 Å². The molecule has 0 saturated carbocycles. The fourth-order valence-electron chi connectivity index (χ4n) is 3.64. The van der Waals surface area contributed by atoms with Crippen LogP contribution in [0.1, 0.15) is 0 Å². The van der Waals surface area contributed by atoms with Crippen molar-refractivity contribution < 1.29 is 23.1 Å². The predicted octanol–water partition coefficient (Wildman–Crippen LogP) is 2.30. The summed E-state index contributed by atoms with van der Waals surface area (Å²) in [6.45, 7) is 3.26. The van der Waals surface area contributed by atoms with Gasteiger partial charge in [0.25, 0.3) is 0 Å². The van der Waals surface area contributed by atoms with Gasteiger partial charge in [0, 0.05) is 4.47 Å². The Kier molecular flexibility index (Phi) is 3.59. The molecule has 0 bridgehead atoms. The van der Waals surface area contributed by atoms with Crippen LogP contribution >= 0.6 is 31.9 Å². The molecule has 3 aliphatic rings. The molecule has 0 aliphatic carbocycles. The van der Waals surface area contributed by atoms with Gasteiger partial charge in [-0.25, -0.2) is 0 Å². The van der Waals surface area contributed by atoms with Gasteiger partial charge in [0.15, 0.2) is 0 Å². The van der Waals surface area contributed by atoms with E-state index in [0.29, 0.717) is 6.61 Å². The molecule has 0 aromatic heterocycles. The molecule has 0 amide bonds. The van der Waals surface area contributed by atoms with Crippen molar-refractivity contribution in [3.05, 3.63) is 27.1 Å². The lowest BCUT2D eigenvalue weighted by Crippen LogP contribution is -2.59. The quantitative estimate of drug-likeness (QED) is 0.703. The summed E-state index contributed by atoms with van der Waals surface area (Å²) in [5.41, 5.74) is 0. The Bertz CT molecular complexity index is 543. The lowest BCUT2D eigenvalue weighted by Gasteiger charge is -2.37. The first-order chi connectivity index (χ1) is 10.1. The van der Waals surface area contributed by atoms with Gasteiger partial charge in [-0.1, -0.05) is 15.9 Å². The summed E-state index contributed by atoms with van der Waals surface area (Å²) in [6.07, 6.45) is 0.0150. The monoisotopic (exact) mass is 419 g/mol. The third kappa shape index (κ3) is 2.27. The number of hydrogen-bond acceptors (Lipinski definition) is 4. The number of benzene rings is 1. The largest absolute Gasteiger partial charge is 0.625 e. The van der Waals surface area contributed by atoms with Crippen LogP contribution in [0.25, 0.3) is 0 Å². The molecule has 1 atom stereocenters. The molecule has 1 aromatic carbocycles. The summed E-state index contributed by atoms with van der Waals surface area (Å²) in [5.74, 6) is 0.820. The predicted molar refractivity (Wildman–Crippen MR) is 84.7 cm³/mol. The zero-order valence-corrected chi connectivity index (χ0v) is 14.6. The van der Waals surface area contributed by atoms with E-state index in [4.69, 9.17) is 18.7 Å². The van der Waals surface area contributed by atoms with Crippen molar-refractivity contribution in [2.75, 3.05) is 39.5 Å². The second kappa shape index (κ2) is 5.21. The second-order valence-electron chi connectivity index (χ2n) is 5.84. The van der Waals surface area contributed by atoms with Crippen LogP contribution in [0, 0.1) is 0 Å². The summed E-state index contributed by atoms with van der Waals surface area (Å²) in [5, 5.41) is 0. The van der Waals surface area contributed by atoms with Gasteiger partial charge in [0.1, 0.15) is 18.5 Å². The number of nitrogens with zero attached hydrogens (tertiary/aromatic N) is 1. The molecular weight excluding hydrogens is 405 g/mol. The Balaban J connectivity index is 1.43. The fourth-order valence-corrected chi connectivity index (χ4v) is 4.80.